The van der Waals surface area contributed by atoms with Gasteiger partial charge < -0.3 is 20.7 Å². The van der Waals surface area contributed by atoms with Crippen LogP contribution in [0.25, 0.3) is 11.1 Å². The van der Waals surface area contributed by atoms with E-state index in [9.17, 15) is 13.6 Å². The summed E-state index contributed by atoms with van der Waals surface area (Å²) in [4.78, 5) is 14.1. The van der Waals surface area contributed by atoms with E-state index in [1.54, 1.807) is 45.3 Å². The van der Waals surface area contributed by atoms with Gasteiger partial charge in [0, 0.05) is 19.7 Å². The third kappa shape index (κ3) is 4.41. The molecule has 0 saturated heterocycles. The normalized spacial score (nSPS) is 13.1. The minimum atomic E-state index is -0.684. The Morgan fingerprint density at radius 2 is 1.63 bits per heavy atom. The first-order valence-electron chi connectivity index (χ1n) is 8.45. The molecule has 0 fully saturated rings. The molecule has 0 aliphatic heterocycles. The molecule has 0 bridgehead atoms. The van der Waals surface area contributed by atoms with Crippen LogP contribution in [0.4, 0.5) is 14.5 Å². The number of hydrogen-bond acceptors (Lipinski definition) is 5. The standard InChI is InChI=1S/C19H24F2N4O2/c1-11(18(23-3)24-27)25(4)19(26)13-7-5-12(6-8-13)14-9-15(20)17(22-2)16(21)10-14/h5-11,18,22-24,27H,1-4H3. The van der Waals surface area contributed by atoms with Gasteiger partial charge in [-0.1, -0.05) is 12.1 Å². The lowest BCUT2D eigenvalue weighted by molar-refractivity contribution is 0.0493. The molecule has 0 aliphatic carbocycles. The Balaban J connectivity index is 2.23. The number of rotatable bonds is 7. The van der Waals surface area contributed by atoms with Crippen molar-refractivity contribution in [2.75, 3.05) is 26.5 Å². The van der Waals surface area contributed by atoms with Crippen LogP contribution in [-0.2, 0) is 0 Å². The van der Waals surface area contributed by atoms with E-state index >= 15 is 0 Å². The van der Waals surface area contributed by atoms with Crippen molar-refractivity contribution >= 4 is 11.6 Å². The van der Waals surface area contributed by atoms with Crippen molar-refractivity contribution in [3.63, 3.8) is 0 Å². The van der Waals surface area contributed by atoms with E-state index in [0.29, 0.717) is 16.7 Å². The Morgan fingerprint density at radius 3 is 2.07 bits per heavy atom. The summed E-state index contributed by atoms with van der Waals surface area (Å²) in [5.74, 6) is -1.61. The number of benzene rings is 2. The molecule has 2 unspecified atom stereocenters. The summed E-state index contributed by atoms with van der Waals surface area (Å²) in [6.45, 7) is 1.78. The summed E-state index contributed by atoms with van der Waals surface area (Å²) >= 11 is 0. The molecule has 146 valence electrons. The summed E-state index contributed by atoms with van der Waals surface area (Å²) in [6, 6.07) is 8.63. The van der Waals surface area contributed by atoms with Gasteiger partial charge in [-0.3, -0.25) is 4.79 Å². The highest BCUT2D eigenvalue weighted by molar-refractivity contribution is 5.94. The summed E-state index contributed by atoms with van der Waals surface area (Å²) in [6.07, 6.45) is -0.491. The molecule has 0 saturated carbocycles. The third-order valence-corrected chi connectivity index (χ3v) is 4.62. The van der Waals surface area contributed by atoms with E-state index < -0.39 is 17.8 Å². The minimum Gasteiger partial charge on any atom is -0.383 e. The van der Waals surface area contributed by atoms with Crippen LogP contribution in [0.3, 0.4) is 0 Å². The van der Waals surface area contributed by atoms with Gasteiger partial charge in [0.1, 0.15) is 23.5 Å². The zero-order chi connectivity index (χ0) is 20.1. The molecule has 0 spiro atoms. The molecule has 2 aromatic carbocycles. The molecule has 8 heteroatoms. The van der Waals surface area contributed by atoms with Crippen LogP contribution in [0.5, 0.6) is 0 Å². The van der Waals surface area contributed by atoms with Crippen LogP contribution >= 0.6 is 0 Å². The minimum absolute atomic E-state index is 0.183. The second-order valence-electron chi connectivity index (χ2n) is 6.19. The maximum absolute atomic E-state index is 13.9. The van der Waals surface area contributed by atoms with Crippen LogP contribution in [0.1, 0.15) is 17.3 Å². The third-order valence-electron chi connectivity index (χ3n) is 4.62. The summed E-state index contributed by atoms with van der Waals surface area (Å²) in [5.41, 5.74) is 3.32. The number of carbonyl (C=O) groups excluding carboxylic acids is 1. The van der Waals surface area contributed by atoms with Gasteiger partial charge in [0.15, 0.2) is 0 Å². The number of amides is 1. The summed E-state index contributed by atoms with van der Waals surface area (Å²) < 4.78 is 27.9. The number of nitrogens with zero attached hydrogens (tertiary/aromatic N) is 1. The fourth-order valence-electron chi connectivity index (χ4n) is 2.81. The van der Waals surface area contributed by atoms with Crippen molar-refractivity contribution in [1.29, 1.82) is 0 Å². The van der Waals surface area contributed by atoms with Gasteiger partial charge in [-0.25, -0.2) is 8.78 Å². The number of anilines is 1. The Bertz CT molecular complexity index is 772. The molecule has 2 rings (SSSR count). The average Bonchev–Trinajstić information content (AvgIpc) is 2.67. The van der Waals surface area contributed by atoms with Gasteiger partial charge >= 0.3 is 0 Å². The molecular formula is C19H24F2N4O2. The summed E-state index contributed by atoms with van der Waals surface area (Å²) in [7, 11) is 4.74. The van der Waals surface area contributed by atoms with Crippen LogP contribution < -0.4 is 16.1 Å². The van der Waals surface area contributed by atoms with Gasteiger partial charge in [-0.15, -0.1) is 0 Å². The lowest BCUT2D eigenvalue weighted by Gasteiger charge is -2.31. The highest BCUT2D eigenvalue weighted by atomic mass is 19.1. The molecule has 0 aliphatic rings. The van der Waals surface area contributed by atoms with E-state index in [-0.39, 0.29) is 17.6 Å². The van der Waals surface area contributed by atoms with Crippen molar-refractivity contribution in [3.8, 4) is 11.1 Å². The first-order valence-corrected chi connectivity index (χ1v) is 8.45. The Morgan fingerprint density at radius 1 is 1.07 bits per heavy atom. The molecule has 0 aromatic heterocycles. The fraction of sp³-hybridized carbons (Fsp3) is 0.316. The molecule has 4 N–H and O–H groups in total. The lowest BCUT2D eigenvalue weighted by atomic mass is 10.0. The van der Waals surface area contributed by atoms with Crippen molar-refractivity contribution in [2.24, 2.45) is 0 Å². The Labute approximate surface area is 157 Å². The molecule has 2 aromatic rings. The largest absolute Gasteiger partial charge is 0.383 e. The molecule has 6 nitrogen and oxygen atoms in total. The van der Waals surface area contributed by atoms with Gasteiger partial charge in [-0.05, 0) is 49.4 Å². The first kappa shape index (κ1) is 20.8. The second kappa shape index (κ2) is 8.90. The maximum atomic E-state index is 13.9. The number of halogens is 2. The van der Waals surface area contributed by atoms with Crippen molar-refractivity contribution in [1.82, 2.24) is 15.7 Å². The van der Waals surface area contributed by atoms with E-state index in [1.165, 1.54) is 24.1 Å². The summed E-state index contributed by atoms with van der Waals surface area (Å²) in [5, 5.41) is 14.5. The van der Waals surface area contributed by atoms with Crippen molar-refractivity contribution in [2.45, 2.75) is 19.1 Å². The van der Waals surface area contributed by atoms with Gasteiger partial charge in [0.05, 0.1) is 6.04 Å². The van der Waals surface area contributed by atoms with Crippen LogP contribution in [0.2, 0.25) is 0 Å². The number of hydroxylamine groups is 1. The smallest absolute Gasteiger partial charge is 0.253 e. The maximum Gasteiger partial charge on any atom is 0.253 e. The number of nitrogens with one attached hydrogen (secondary N) is 3. The van der Waals surface area contributed by atoms with Crippen molar-refractivity contribution < 1.29 is 18.8 Å². The van der Waals surface area contributed by atoms with Crippen LogP contribution in [0.15, 0.2) is 36.4 Å². The first-order chi connectivity index (χ1) is 12.8. The molecule has 27 heavy (non-hydrogen) atoms. The topological polar surface area (TPSA) is 76.6 Å². The van der Waals surface area contributed by atoms with E-state index in [4.69, 9.17) is 5.21 Å². The predicted octanol–water partition coefficient (Wildman–Crippen LogP) is 2.66. The molecule has 0 radical (unpaired) electrons. The Kier molecular flexibility index (Phi) is 6.84. The quantitative estimate of drug-likeness (QED) is 0.440. The zero-order valence-corrected chi connectivity index (χ0v) is 15.7. The van der Waals surface area contributed by atoms with E-state index in [0.717, 1.165) is 0 Å². The molecule has 2 atom stereocenters. The van der Waals surface area contributed by atoms with E-state index in [1.807, 2.05) is 0 Å². The van der Waals surface area contributed by atoms with Gasteiger partial charge in [0.2, 0.25) is 0 Å². The highest BCUT2D eigenvalue weighted by Gasteiger charge is 2.23. The van der Waals surface area contributed by atoms with E-state index in [2.05, 4.69) is 16.1 Å². The Hall–Kier alpha value is -2.55. The SMILES string of the molecule is CNc1c(F)cc(-c2ccc(C(=O)N(C)C(C)C(NC)NO)cc2)cc1F. The molecule has 0 heterocycles. The monoisotopic (exact) mass is 378 g/mol. The van der Waals surface area contributed by atoms with Crippen LogP contribution in [0, 0.1) is 11.6 Å². The zero-order valence-electron chi connectivity index (χ0n) is 15.7. The fourth-order valence-corrected chi connectivity index (χ4v) is 2.81. The van der Waals surface area contributed by atoms with Gasteiger partial charge in [-0.2, -0.15) is 5.48 Å². The number of hydrogen-bond donors (Lipinski definition) is 4. The average molecular weight is 378 g/mol. The van der Waals surface area contributed by atoms with Crippen molar-refractivity contribution in [3.05, 3.63) is 53.6 Å². The number of likely N-dealkylation sites (N-methyl/N-ethyl adjacent to an activating group) is 2. The highest BCUT2D eigenvalue weighted by Crippen LogP contribution is 2.27. The van der Waals surface area contributed by atoms with Crippen LogP contribution in [-0.4, -0.2) is 49.4 Å². The molecule has 1 amide bonds. The lowest BCUT2D eigenvalue weighted by Crippen LogP contribution is -2.54. The molecular weight excluding hydrogens is 354 g/mol. The second-order valence-corrected chi connectivity index (χ2v) is 6.19. The van der Waals surface area contributed by atoms with Gasteiger partial charge in [0.25, 0.3) is 5.91 Å². The predicted molar refractivity (Wildman–Crippen MR) is 101 cm³/mol. The number of carbonyl (C=O) groups is 1.